The van der Waals surface area contributed by atoms with Crippen LogP contribution in [0.1, 0.15) is 39.3 Å². The van der Waals surface area contributed by atoms with Gasteiger partial charge in [0.1, 0.15) is 5.69 Å². The number of hydrogen-bond donors (Lipinski definition) is 1. The minimum atomic E-state index is -4.42. The predicted octanol–water partition coefficient (Wildman–Crippen LogP) is 3.87. The van der Waals surface area contributed by atoms with Crippen LogP contribution in [-0.2, 0) is 19.0 Å². The molecule has 1 amide bonds. The van der Waals surface area contributed by atoms with E-state index in [0.29, 0.717) is 11.3 Å². The van der Waals surface area contributed by atoms with Gasteiger partial charge in [0, 0.05) is 18.0 Å². The summed E-state index contributed by atoms with van der Waals surface area (Å²) in [6, 6.07) is 9.75. The van der Waals surface area contributed by atoms with E-state index in [2.05, 4.69) is 10.1 Å². The van der Waals surface area contributed by atoms with Crippen molar-refractivity contribution < 1.29 is 18.0 Å². The third-order valence-corrected chi connectivity index (χ3v) is 4.34. The lowest BCUT2D eigenvalue weighted by Gasteiger charge is -2.07. The van der Waals surface area contributed by atoms with Crippen LogP contribution in [0, 0.1) is 6.92 Å². The normalized spacial score (nSPS) is 12.9. The molecule has 0 spiro atoms. The van der Waals surface area contributed by atoms with Crippen molar-refractivity contribution in [2.45, 2.75) is 32.4 Å². The Morgan fingerprint density at radius 1 is 1.18 bits per heavy atom. The van der Waals surface area contributed by atoms with E-state index < -0.39 is 11.9 Å². The van der Waals surface area contributed by atoms with E-state index in [1.54, 1.807) is 18.3 Å². The van der Waals surface area contributed by atoms with E-state index in [1.165, 1.54) is 10.7 Å². The number of nitrogens with two attached hydrogens (primary N) is 1. The molecular formula is C20H19F3N4O. The van der Waals surface area contributed by atoms with E-state index in [4.69, 9.17) is 5.73 Å². The number of primary amides is 1. The van der Waals surface area contributed by atoms with Crippen LogP contribution in [0.15, 0.2) is 48.8 Å². The van der Waals surface area contributed by atoms with Gasteiger partial charge < -0.3 is 5.73 Å². The number of halogens is 3. The predicted molar refractivity (Wildman–Crippen MR) is 98.1 cm³/mol. The molecule has 0 unspecified atom stereocenters. The summed E-state index contributed by atoms with van der Waals surface area (Å²) in [7, 11) is 0. The molecule has 2 N–H and O–H groups in total. The standard InChI is InChI=1S/C12H10F3N3.C8H9NO/c13-12(14,15)11-6-9(4-5-16-11)18-7-8-2-1-3-10(8)17-18;1-6-3-2-4-7(5-6)8(9)10/h4-7H,1-3H2;2-5H,1H3,(H2,9,10). The monoisotopic (exact) mass is 388 g/mol. The lowest BCUT2D eigenvalue weighted by molar-refractivity contribution is -0.141. The number of carbonyl (C=O) groups is 1. The Morgan fingerprint density at radius 2 is 1.96 bits per heavy atom. The molecule has 1 aliphatic carbocycles. The second kappa shape index (κ2) is 7.84. The van der Waals surface area contributed by atoms with Gasteiger partial charge in [0.2, 0.25) is 5.91 Å². The molecule has 2 heterocycles. The smallest absolute Gasteiger partial charge is 0.366 e. The first-order valence-electron chi connectivity index (χ1n) is 8.71. The van der Waals surface area contributed by atoms with Gasteiger partial charge in [-0.3, -0.25) is 9.78 Å². The van der Waals surface area contributed by atoms with Crippen LogP contribution < -0.4 is 5.73 Å². The number of nitrogens with zero attached hydrogens (tertiary/aromatic N) is 3. The Bertz CT molecular complexity index is 974. The summed E-state index contributed by atoms with van der Waals surface area (Å²) in [6.45, 7) is 1.92. The lowest BCUT2D eigenvalue weighted by atomic mass is 10.1. The minimum absolute atomic E-state index is 0.372. The van der Waals surface area contributed by atoms with Crippen molar-refractivity contribution in [3.05, 3.63) is 76.9 Å². The number of aryl methyl sites for hydroxylation is 3. The molecule has 8 heteroatoms. The quantitative estimate of drug-likeness (QED) is 0.724. The third-order valence-electron chi connectivity index (χ3n) is 4.34. The minimum Gasteiger partial charge on any atom is -0.366 e. The Kier molecular flexibility index (Phi) is 5.48. The van der Waals surface area contributed by atoms with Crippen LogP contribution in [0.5, 0.6) is 0 Å². The Hall–Kier alpha value is -3.16. The molecule has 5 nitrogen and oxygen atoms in total. The molecule has 1 aliphatic rings. The van der Waals surface area contributed by atoms with Crippen molar-refractivity contribution in [1.82, 2.24) is 14.8 Å². The van der Waals surface area contributed by atoms with Gasteiger partial charge in [0.25, 0.3) is 0 Å². The van der Waals surface area contributed by atoms with Gasteiger partial charge in [-0.2, -0.15) is 18.3 Å². The highest BCUT2D eigenvalue weighted by atomic mass is 19.4. The Morgan fingerprint density at radius 3 is 2.57 bits per heavy atom. The fourth-order valence-electron chi connectivity index (χ4n) is 2.96. The SMILES string of the molecule is Cc1cccc(C(N)=O)c1.FC(F)(F)c1cc(-n2cc3c(n2)CCC3)ccn1. The molecule has 3 aromatic rings. The number of benzene rings is 1. The zero-order valence-corrected chi connectivity index (χ0v) is 15.2. The van der Waals surface area contributed by atoms with Crippen molar-refractivity contribution in [2.75, 3.05) is 0 Å². The van der Waals surface area contributed by atoms with Crippen molar-refractivity contribution >= 4 is 5.91 Å². The van der Waals surface area contributed by atoms with E-state index in [-0.39, 0.29) is 5.91 Å². The summed E-state index contributed by atoms with van der Waals surface area (Å²) in [5, 5.41) is 4.31. The average molecular weight is 388 g/mol. The highest BCUT2D eigenvalue weighted by Crippen LogP contribution is 2.29. The van der Waals surface area contributed by atoms with Gasteiger partial charge >= 0.3 is 6.18 Å². The van der Waals surface area contributed by atoms with Crippen molar-refractivity contribution in [3.8, 4) is 5.69 Å². The molecular weight excluding hydrogens is 369 g/mol. The molecule has 28 heavy (non-hydrogen) atoms. The number of alkyl halides is 3. The second-order valence-electron chi connectivity index (χ2n) is 6.53. The Balaban J connectivity index is 0.000000192. The van der Waals surface area contributed by atoms with E-state index in [1.807, 2.05) is 19.1 Å². The topological polar surface area (TPSA) is 73.8 Å². The zero-order chi connectivity index (χ0) is 20.3. The zero-order valence-electron chi connectivity index (χ0n) is 15.2. The fraction of sp³-hybridized carbons (Fsp3) is 0.250. The highest BCUT2D eigenvalue weighted by molar-refractivity contribution is 5.92. The van der Waals surface area contributed by atoms with Crippen LogP contribution >= 0.6 is 0 Å². The molecule has 0 fully saturated rings. The summed E-state index contributed by atoms with van der Waals surface area (Å²) in [5.74, 6) is -0.372. The molecule has 0 aliphatic heterocycles. The van der Waals surface area contributed by atoms with Gasteiger partial charge in [0.05, 0.1) is 11.4 Å². The molecule has 0 bridgehead atoms. The van der Waals surface area contributed by atoms with Crippen LogP contribution in [0.25, 0.3) is 5.69 Å². The molecule has 2 aromatic heterocycles. The largest absolute Gasteiger partial charge is 0.433 e. The van der Waals surface area contributed by atoms with Crippen LogP contribution in [0.3, 0.4) is 0 Å². The first-order valence-corrected chi connectivity index (χ1v) is 8.71. The molecule has 0 atom stereocenters. The average Bonchev–Trinajstić information content (AvgIpc) is 3.24. The molecule has 0 saturated carbocycles. The third kappa shape index (κ3) is 4.57. The molecule has 146 valence electrons. The van der Waals surface area contributed by atoms with E-state index >= 15 is 0 Å². The van der Waals surface area contributed by atoms with Gasteiger partial charge in [0.15, 0.2) is 0 Å². The van der Waals surface area contributed by atoms with Crippen LogP contribution in [-0.4, -0.2) is 20.7 Å². The number of amides is 1. The van der Waals surface area contributed by atoms with Gasteiger partial charge in [-0.25, -0.2) is 4.68 Å². The van der Waals surface area contributed by atoms with Crippen molar-refractivity contribution in [2.24, 2.45) is 5.73 Å². The lowest BCUT2D eigenvalue weighted by Crippen LogP contribution is -2.10. The summed E-state index contributed by atoms with van der Waals surface area (Å²) < 4.78 is 39.2. The highest BCUT2D eigenvalue weighted by Gasteiger charge is 2.32. The number of rotatable bonds is 2. The van der Waals surface area contributed by atoms with E-state index in [0.717, 1.165) is 48.3 Å². The van der Waals surface area contributed by atoms with E-state index in [9.17, 15) is 18.0 Å². The first kappa shape index (κ1) is 19.6. The molecule has 0 radical (unpaired) electrons. The van der Waals surface area contributed by atoms with Crippen molar-refractivity contribution in [3.63, 3.8) is 0 Å². The number of fused-ring (bicyclic) bond motifs is 1. The molecule has 1 aromatic carbocycles. The maximum absolute atomic E-state index is 12.6. The first-order chi connectivity index (χ1) is 13.2. The number of carbonyl (C=O) groups excluding carboxylic acids is 1. The van der Waals surface area contributed by atoms with Gasteiger partial charge in [-0.15, -0.1) is 0 Å². The maximum atomic E-state index is 12.6. The number of aromatic nitrogens is 3. The summed E-state index contributed by atoms with van der Waals surface area (Å²) >= 11 is 0. The van der Waals surface area contributed by atoms with Gasteiger partial charge in [-0.05, 0) is 56.0 Å². The molecule has 0 saturated heterocycles. The maximum Gasteiger partial charge on any atom is 0.433 e. The van der Waals surface area contributed by atoms with Crippen molar-refractivity contribution in [1.29, 1.82) is 0 Å². The number of hydrogen-bond acceptors (Lipinski definition) is 3. The van der Waals surface area contributed by atoms with Crippen LogP contribution in [0.2, 0.25) is 0 Å². The number of pyridine rings is 1. The summed E-state index contributed by atoms with van der Waals surface area (Å²) in [6.07, 6.45) is 1.46. The Labute approximate surface area is 160 Å². The van der Waals surface area contributed by atoms with Crippen LogP contribution in [0.4, 0.5) is 13.2 Å². The fourth-order valence-corrected chi connectivity index (χ4v) is 2.96. The second-order valence-corrected chi connectivity index (χ2v) is 6.53. The summed E-state index contributed by atoms with van der Waals surface area (Å²) in [4.78, 5) is 13.9. The van der Waals surface area contributed by atoms with Gasteiger partial charge in [-0.1, -0.05) is 17.7 Å². The summed E-state index contributed by atoms with van der Waals surface area (Å²) in [5.41, 5.74) is 8.28. The molecule has 4 rings (SSSR count).